The minimum atomic E-state index is -0.0976. The van der Waals surface area contributed by atoms with Crippen LogP contribution < -0.4 is 19.3 Å². The number of carbonyl (C=O) groups is 1. The number of hydrogen-bond donors (Lipinski definition) is 1. The molecule has 7 heteroatoms. The molecule has 3 aromatic rings. The summed E-state index contributed by atoms with van der Waals surface area (Å²) in [6, 6.07) is 15.3. The molecule has 2 aromatic carbocycles. The lowest BCUT2D eigenvalue weighted by molar-refractivity contribution is -0.858. The van der Waals surface area contributed by atoms with E-state index in [0.29, 0.717) is 24.0 Å². The van der Waals surface area contributed by atoms with E-state index in [2.05, 4.69) is 14.1 Å². The average Bonchev–Trinajstić information content (AvgIpc) is 3.15. The van der Waals surface area contributed by atoms with E-state index in [1.54, 1.807) is 4.90 Å². The second kappa shape index (κ2) is 10.2. The smallest absolute Gasteiger partial charge is 0.266 e. The van der Waals surface area contributed by atoms with Gasteiger partial charge >= 0.3 is 0 Å². The van der Waals surface area contributed by atoms with E-state index in [4.69, 9.17) is 14.5 Å². The van der Waals surface area contributed by atoms with Gasteiger partial charge in [-0.1, -0.05) is 35.6 Å². The van der Waals surface area contributed by atoms with Crippen LogP contribution in [0.1, 0.15) is 13.3 Å². The molecule has 0 unspecified atom stereocenters. The predicted octanol–water partition coefficient (Wildman–Crippen LogP) is 2.64. The summed E-state index contributed by atoms with van der Waals surface area (Å²) in [5.41, 5.74) is 0.800. The number of quaternary nitrogens is 1. The van der Waals surface area contributed by atoms with E-state index in [9.17, 15) is 4.79 Å². The highest BCUT2D eigenvalue weighted by atomic mass is 32.1. The zero-order valence-corrected chi connectivity index (χ0v) is 18.0. The lowest BCUT2D eigenvalue weighted by Crippen LogP contribution is -3.05. The Balaban J connectivity index is 1.81. The molecule has 0 atom stereocenters. The molecule has 0 aliphatic rings. The average molecular weight is 415 g/mol. The van der Waals surface area contributed by atoms with Crippen LogP contribution >= 0.6 is 11.3 Å². The third-order valence-corrected chi connectivity index (χ3v) is 5.41. The number of amides is 1. The highest BCUT2D eigenvalue weighted by molar-refractivity contribution is 7.22. The Morgan fingerprint density at radius 3 is 2.62 bits per heavy atom. The van der Waals surface area contributed by atoms with Gasteiger partial charge < -0.3 is 14.4 Å². The number of nitrogens with zero attached hydrogens (tertiary/aromatic N) is 2. The summed E-state index contributed by atoms with van der Waals surface area (Å²) in [6.45, 7) is 4.08. The number of nitrogens with one attached hydrogen (secondary N) is 1. The van der Waals surface area contributed by atoms with Crippen LogP contribution in [-0.2, 0) is 4.79 Å². The van der Waals surface area contributed by atoms with Crippen molar-refractivity contribution in [2.45, 2.75) is 13.3 Å². The fourth-order valence-corrected chi connectivity index (χ4v) is 3.98. The molecule has 29 heavy (non-hydrogen) atoms. The van der Waals surface area contributed by atoms with Gasteiger partial charge in [-0.05, 0) is 31.2 Å². The van der Waals surface area contributed by atoms with Crippen LogP contribution in [0.2, 0.25) is 0 Å². The van der Waals surface area contributed by atoms with Gasteiger partial charge in [-0.3, -0.25) is 9.69 Å². The molecule has 1 aromatic heterocycles. The van der Waals surface area contributed by atoms with Crippen molar-refractivity contribution < 1.29 is 19.2 Å². The third kappa shape index (κ3) is 5.68. The Morgan fingerprint density at radius 1 is 1.10 bits per heavy atom. The molecule has 1 amide bonds. The molecule has 0 fully saturated rings. The third-order valence-electron chi connectivity index (χ3n) is 4.37. The van der Waals surface area contributed by atoms with E-state index in [1.807, 2.05) is 55.5 Å². The lowest BCUT2D eigenvalue weighted by Gasteiger charge is -2.20. The quantitative estimate of drug-likeness (QED) is 0.554. The Bertz CT molecular complexity index is 927. The maximum Gasteiger partial charge on any atom is 0.266 e. The van der Waals surface area contributed by atoms with Gasteiger partial charge in [-0.2, -0.15) is 0 Å². The van der Waals surface area contributed by atoms with Gasteiger partial charge in [-0.15, -0.1) is 0 Å². The second-order valence-electron chi connectivity index (χ2n) is 6.99. The molecule has 0 aliphatic carbocycles. The van der Waals surface area contributed by atoms with Crippen molar-refractivity contribution in [3.05, 3.63) is 48.5 Å². The molecule has 0 spiro atoms. The maximum atomic E-state index is 13.0. The highest BCUT2D eigenvalue weighted by Crippen LogP contribution is 2.34. The summed E-state index contributed by atoms with van der Waals surface area (Å²) < 4.78 is 12.4. The Morgan fingerprint density at radius 2 is 1.90 bits per heavy atom. The van der Waals surface area contributed by atoms with E-state index in [1.165, 1.54) is 16.2 Å². The van der Waals surface area contributed by atoms with Gasteiger partial charge in [0, 0.05) is 13.0 Å². The monoisotopic (exact) mass is 414 g/mol. The van der Waals surface area contributed by atoms with E-state index in [0.717, 1.165) is 28.9 Å². The van der Waals surface area contributed by atoms with Gasteiger partial charge in [0.05, 0.1) is 31.9 Å². The van der Waals surface area contributed by atoms with Crippen LogP contribution in [0, 0.1) is 0 Å². The normalized spacial score (nSPS) is 11.0. The summed E-state index contributed by atoms with van der Waals surface area (Å²) in [4.78, 5) is 20.8. The molecular formula is C22H28N3O3S+. The van der Waals surface area contributed by atoms with Gasteiger partial charge in [0.25, 0.3) is 5.91 Å². The number of ether oxygens (including phenoxy) is 2. The van der Waals surface area contributed by atoms with Crippen LogP contribution in [-0.4, -0.2) is 51.3 Å². The van der Waals surface area contributed by atoms with Crippen molar-refractivity contribution in [3.8, 4) is 11.5 Å². The molecule has 1 heterocycles. The highest BCUT2D eigenvalue weighted by Gasteiger charge is 2.21. The Kier molecular flexibility index (Phi) is 7.43. The van der Waals surface area contributed by atoms with Crippen molar-refractivity contribution in [2.75, 3.05) is 45.3 Å². The molecule has 0 saturated carbocycles. The van der Waals surface area contributed by atoms with Crippen molar-refractivity contribution in [1.29, 1.82) is 0 Å². The maximum absolute atomic E-state index is 13.0. The van der Waals surface area contributed by atoms with E-state index < -0.39 is 0 Å². The van der Waals surface area contributed by atoms with Crippen molar-refractivity contribution >= 4 is 32.6 Å². The van der Waals surface area contributed by atoms with Crippen LogP contribution in [0.3, 0.4) is 0 Å². The largest absolute Gasteiger partial charge is 0.492 e. The number of fused-ring (bicyclic) bond motifs is 1. The summed E-state index contributed by atoms with van der Waals surface area (Å²) >= 11 is 1.51. The van der Waals surface area contributed by atoms with Crippen LogP contribution in [0.25, 0.3) is 10.2 Å². The standard InChI is InChI=1S/C22H27N3O3S/c1-4-27-18-12-8-13-19-21(18)23-22(29-19)25(15-9-14-24(2)3)20(26)16-28-17-10-6-5-7-11-17/h5-8,10-13H,4,9,14-16H2,1-3H3/p+1. The van der Waals surface area contributed by atoms with Crippen molar-refractivity contribution in [2.24, 2.45) is 0 Å². The fourth-order valence-electron chi connectivity index (χ4n) is 2.96. The van der Waals surface area contributed by atoms with Gasteiger partial charge in [0.15, 0.2) is 11.7 Å². The minimum absolute atomic E-state index is 0.0208. The number of carbonyl (C=O) groups excluding carboxylic acids is 1. The number of rotatable bonds is 10. The van der Waals surface area contributed by atoms with Crippen LogP contribution in [0.15, 0.2) is 48.5 Å². The number of benzene rings is 2. The minimum Gasteiger partial charge on any atom is -0.492 e. The lowest BCUT2D eigenvalue weighted by atomic mass is 10.3. The SMILES string of the molecule is CCOc1cccc2sc(N(CCC[NH+](C)C)C(=O)COc3ccccc3)nc12. The molecule has 1 N–H and O–H groups in total. The molecule has 3 rings (SSSR count). The van der Waals surface area contributed by atoms with E-state index in [-0.39, 0.29) is 12.5 Å². The molecule has 0 radical (unpaired) electrons. The number of thiazole rings is 1. The molecule has 154 valence electrons. The molecule has 6 nitrogen and oxygen atoms in total. The topological polar surface area (TPSA) is 56.1 Å². The first kappa shape index (κ1) is 21.1. The zero-order valence-electron chi connectivity index (χ0n) is 17.2. The molecule has 0 aliphatic heterocycles. The first-order chi connectivity index (χ1) is 14.1. The zero-order chi connectivity index (χ0) is 20.6. The first-order valence-corrected chi connectivity index (χ1v) is 10.7. The van der Waals surface area contributed by atoms with E-state index >= 15 is 0 Å². The Labute approximate surface area is 175 Å². The summed E-state index contributed by atoms with van der Waals surface area (Å²) in [6.07, 6.45) is 0.883. The Hall–Kier alpha value is -2.64. The summed E-state index contributed by atoms with van der Waals surface area (Å²) in [5, 5.41) is 0.683. The summed E-state index contributed by atoms with van der Waals surface area (Å²) in [5.74, 6) is 1.33. The molecule has 0 bridgehead atoms. The van der Waals surface area contributed by atoms with Crippen LogP contribution in [0.5, 0.6) is 11.5 Å². The van der Waals surface area contributed by atoms with Crippen LogP contribution in [0.4, 0.5) is 5.13 Å². The van der Waals surface area contributed by atoms with Gasteiger partial charge in [0.2, 0.25) is 0 Å². The first-order valence-electron chi connectivity index (χ1n) is 9.88. The summed E-state index contributed by atoms with van der Waals surface area (Å²) in [7, 11) is 4.22. The number of aromatic nitrogens is 1. The molecule has 0 saturated heterocycles. The number of para-hydroxylation sites is 2. The molecular weight excluding hydrogens is 386 g/mol. The van der Waals surface area contributed by atoms with Crippen molar-refractivity contribution in [3.63, 3.8) is 0 Å². The fraction of sp³-hybridized carbons (Fsp3) is 0.364. The van der Waals surface area contributed by atoms with Gasteiger partial charge in [-0.25, -0.2) is 4.98 Å². The number of anilines is 1. The number of hydrogen-bond acceptors (Lipinski definition) is 5. The van der Waals surface area contributed by atoms with Gasteiger partial charge in [0.1, 0.15) is 17.0 Å². The predicted molar refractivity (Wildman–Crippen MR) is 117 cm³/mol. The second-order valence-corrected chi connectivity index (χ2v) is 8.00. The van der Waals surface area contributed by atoms with Crippen molar-refractivity contribution in [1.82, 2.24) is 4.98 Å².